The summed E-state index contributed by atoms with van der Waals surface area (Å²) in [4.78, 5) is 7.97. The minimum absolute atomic E-state index is 0.137. The number of ether oxygens (including phenoxy) is 1. The molecule has 3 rings (SSSR count). The lowest BCUT2D eigenvalue weighted by Gasteiger charge is -2.07. The van der Waals surface area contributed by atoms with Gasteiger partial charge in [0, 0.05) is 6.20 Å². The molecule has 0 bridgehead atoms. The monoisotopic (exact) mass is 304 g/mol. The molecule has 2 heterocycles. The van der Waals surface area contributed by atoms with E-state index in [1.54, 1.807) is 18.2 Å². The molecule has 108 valence electrons. The summed E-state index contributed by atoms with van der Waals surface area (Å²) in [5.41, 5.74) is 5.96. The second-order valence-electron chi connectivity index (χ2n) is 4.29. The highest BCUT2D eigenvalue weighted by molar-refractivity contribution is 7.90. The van der Waals surface area contributed by atoms with Crippen LogP contribution < -0.4 is 10.5 Å². The van der Waals surface area contributed by atoms with E-state index in [-0.39, 0.29) is 16.4 Å². The quantitative estimate of drug-likeness (QED) is 0.782. The van der Waals surface area contributed by atoms with Gasteiger partial charge in [-0.3, -0.25) is 0 Å². The van der Waals surface area contributed by atoms with Gasteiger partial charge in [0.25, 0.3) is 10.0 Å². The molecule has 3 aromatic rings. The third-order valence-corrected chi connectivity index (χ3v) is 4.78. The molecule has 1 aromatic carbocycles. The summed E-state index contributed by atoms with van der Waals surface area (Å²) in [6, 6.07) is 7.70. The first kappa shape index (κ1) is 13.4. The highest BCUT2D eigenvalue weighted by Crippen LogP contribution is 2.24. The highest BCUT2D eigenvalue weighted by atomic mass is 32.2. The van der Waals surface area contributed by atoms with Crippen molar-refractivity contribution in [3.63, 3.8) is 0 Å². The zero-order valence-electron chi connectivity index (χ0n) is 11.1. The van der Waals surface area contributed by atoms with E-state index in [0.717, 1.165) is 3.97 Å². The highest BCUT2D eigenvalue weighted by Gasteiger charge is 2.20. The van der Waals surface area contributed by atoms with E-state index < -0.39 is 10.0 Å². The lowest BCUT2D eigenvalue weighted by Crippen LogP contribution is -2.12. The molecule has 21 heavy (non-hydrogen) atoms. The average molecular weight is 304 g/mol. The van der Waals surface area contributed by atoms with E-state index in [1.807, 2.05) is 0 Å². The van der Waals surface area contributed by atoms with Crippen molar-refractivity contribution in [2.45, 2.75) is 4.90 Å². The van der Waals surface area contributed by atoms with Crippen molar-refractivity contribution in [2.75, 3.05) is 12.8 Å². The minimum Gasteiger partial charge on any atom is -0.497 e. The average Bonchev–Trinajstić information content (AvgIpc) is 2.93. The van der Waals surface area contributed by atoms with Crippen molar-refractivity contribution in [2.24, 2.45) is 0 Å². The van der Waals surface area contributed by atoms with E-state index >= 15 is 0 Å². The van der Waals surface area contributed by atoms with Crippen molar-refractivity contribution < 1.29 is 13.2 Å². The van der Waals surface area contributed by atoms with Gasteiger partial charge in [0.1, 0.15) is 17.9 Å². The first-order chi connectivity index (χ1) is 10.0. The standard InChI is InChI=1S/C13H12N4O3S/c1-20-9-2-4-10(5-3-9)21(18,19)17-7-6-11-12(14)15-8-16-13(11)17/h2-8H,1H3,(H2,14,15,16). The molecule has 0 aliphatic carbocycles. The van der Waals surface area contributed by atoms with E-state index in [2.05, 4.69) is 9.97 Å². The van der Waals surface area contributed by atoms with Crippen LogP contribution in [0.5, 0.6) is 5.75 Å². The molecule has 0 fully saturated rings. The largest absolute Gasteiger partial charge is 0.497 e. The predicted molar refractivity (Wildman–Crippen MR) is 77.5 cm³/mol. The molecule has 0 saturated heterocycles. The molecule has 0 atom stereocenters. The maximum Gasteiger partial charge on any atom is 0.269 e. The van der Waals surface area contributed by atoms with Gasteiger partial charge in [-0.1, -0.05) is 0 Å². The molecule has 0 aliphatic rings. The lowest BCUT2D eigenvalue weighted by atomic mass is 10.3. The van der Waals surface area contributed by atoms with Gasteiger partial charge in [0.05, 0.1) is 17.4 Å². The first-order valence-electron chi connectivity index (χ1n) is 6.01. The number of nitrogen functional groups attached to an aromatic ring is 1. The Labute approximate surface area is 121 Å². The Morgan fingerprint density at radius 1 is 1.14 bits per heavy atom. The topological polar surface area (TPSA) is 100 Å². The molecular formula is C13H12N4O3S. The molecule has 0 spiro atoms. The zero-order valence-corrected chi connectivity index (χ0v) is 11.9. The van der Waals surface area contributed by atoms with E-state index in [9.17, 15) is 8.42 Å². The number of fused-ring (bicyclic) bond motifs is 1. The minimum atomic E-state index is -3.75. The number of nitrogens with two attached hydrogens (primary N) is 1. The smallest absolute Gasteiger partial charge is 0.269 e. The summed E-state index contributed by atoms with van der Waals surface area (Å²) in [7, 11) is -2.23. The van der Waals surface area contributed by atoms with Gasteiger partial charge in [0.15, 0.2) is 5.65 Å². The molecule has 0 aliphatic heterocycles. The molecule has 0 saturated carbocycles. The molecule has 0 radical (unpaired) electrons. The van der Waals surface area contributed by atoms with Gasteiger partial charge in [-0.2, -0.15) is 0 Å². The van der Waals surface area contributed by atoms with E-state index in [1.165, 1.54) is 31.8 Å². The van der Waals surface area contributed by atoms with Crippen LogP contribution in [0.4, 0.5) is 5.82 Å². The van der Waals surface area contributed by atoms with Gasteiger partial charge in [-0.05, 0) is 30.3 Å². The maximum absolute atomic E-state index is 12.6. The Kier molecular flexibility index (Phi) is 3.02. The molecule has 0 unspecified atom stereocenters. The van der Waals surface area contributed by atoms with Gasteiger partial charge in [-0.15, -0.1) is 0 Å². The normalized spacial score (nSPS) is 11.7. The fraction of sp³-hybridized carbons (Fsp3) is 0.0769. The Hall–Kier alpha value is -2.61. The van der Waals surface area contributed by atoms with E-state index in [0.29, 0.717) is 11.1 Å². The number of hydrogen-bond donors (Lipinski definition) is 1. The molecule has 2 aromatic heterocycles. The summed E-state index contributed by atoms with van der Waals surface area (Å²) in [5.74, 6) is 0.821. The van der Waals surface area contributed by atoms with Crippen LogP contribution in [0.1, 0.15) is 0 Å². The fourth-order valence-corrected chi connectivity index (χ4v) is 3.30. The van der Waals surface area contributed by atoms with Gasteiger partial charge in [0.2, 0.25) is 0 Å². The third-order valence-electron chi connectivity index (χ3n) is 3.10. The number of aromatic nitrogens is 3. The van der Waals surface area contributed by atoms with E-state index in [4.69, 9.17) is 10.5 Å². The maximum atomic E-state index is 12.6. The van der Waals surface area contributed by atoms with Crippen molar-refractivity contribution in [1.29, 1.82) is 0 Å². The van der Waals surface area contributed by atoms with Crippen LogP contribution in [0.2, 0.25) is 0 Å². The van der Waals surface area contributed by atoms with Crippen molar-refractivity contribution >= 4 is 26.9 Å². The van der Waals surface area contributed by atoms with Gasteiger partial charge in [-0.25, -0.2) is 22.4 Å². The molecule has 0 amide bonds. The van der Waals surface area contributed by atoms with Crippen LogP contribution in [0.25, 0.3) is 11.0 Å². The SMILES string of the molecule is COc1ccc(S(=O)(=O)n2ccc3c(N)ncnc32)cc1. The number of rotatable bonds is 3. The van der Waals surface area contributed by atoms with Crippen LogP contribution in [0.3, 0.4) is 0 Å². The molecular weight excluding hydrogens is 292 g/mol. The number of benzene rings is 1. The van der Waals surface area contributed by atoms with Crippen LogP contribution in [-0.4, -0.2) is 29.5 Å². The Balaban J connectivity index is 2.18. The van der Waals surface area contributed by atoms with Crippen LogP contribution in [0.15, 0.2) is 47.8 Å². The number of methoxy groups -OCH3 is 1. The summed E-state index contributed by atoms with van der Waals surface area (Å²) in [6.45, 7) is 0. The lowest BCUT2D eigenvalue weighted by molar-refractivity contribution is 0.414. The molecule has 7 nitrogen and oxygen atoms in total. The third kappa shape index (κ3) is 2.09. The summed E-state index contributed by atoms with van der Waals surface area (Å²) in [6.07, 6.45) is 2.65. The number of anilines is 1. The first-order valence-corrected chi connectivity index (χ1v) is 7.45. The zero-order chi connectivity index (χ0) is 15.0. The molecule has 2 N–H and O–H groups in total. The van der Waals surface area contributed by atoms with Crippen molar-refractivity contribution in [3.05, 3.63) is 42.9 Å². The van der Waals surface area contributed by atoms with Crippen LogP contribution in [-0.2, 0) is 10.0 Å². The Morgan fingerprint density at radius 2 is 1.86 bits per heavy atom. The van der Waals surface area contributed by atoms with Crippen LogP contribution >= 0.6 is 0 Å². The van der Waals surface area contributed by atoms with Crippen molar-refractivity contribution in [1.82, 2.24) is 13.9 Å². The summed E-state index contributed by atoms with van der Waals surface area (Å²) in [5, 5.41) is 0.495. The van der Waals surface area contributed by atoms with Crippen molar-refractivity contribution in [3.8, 4) is 5.75 Å². The second-order valence-corrected chi connectivity index (χ2v) is 6.10. The summed E-state index contributed by atoms with van der Waals surface area (Å²) < 4.78 is 31.4. The fourth-order valence-electron chi connectivity index (χ4n) is 2.00. The van der Waals surface area contributed by atoms with Gasteiger partial charge >= 0.3 is 0 Å². The number of nitrogens with zero attached hydrogens (tertiary/aromatic N) is 3. The Bertz CT molecular complexity index is 901. The van der Waals surface area contributed by atoms with Crippen LogP contribution in [0, 0.1) is 0 Å². The molecule has 8 heteroatoms. The Morgan fingerprint density at radius 3 is 2.52 bits per heavy atom. The van der Waals surface area contributed by atoms with Gasteiger partial charge < -0.3 is 10.5 Å². The summed E-state index contributed by atoms with van der Waals surface area (Å²) >= 11 is 0. The number of hydrogen-bond acceptors (Lipinski definition) is 6. The predicted octanol–water partition coefficient (Wildman–Crippen LogP) is 1.26. The second kappa shape index (κ2) is 4.74.